The van der Waals surface area contributed by atoms with Gasteiger partial charge in [0.05, 0.1) is 6.61 Å². The van der Waals surface area contributed by atoms with Gasteiger partial charge in [0.15, 0.2) is 0 Å². The molecule has 112 valence electrons. The average molecular weight is 274 g/mol. The topological polar surface area (TPSA) is 89.9 Å². The molecule has 0 aliphatic rings. The van der Waals surface area contributed by atoms with E-state index in [0.717, 1.165) is 19.3 Å². The number of aliphatic carboxylic acids is 1. The van der Waals surface area contributed by atoms with E-state index in [2.05, 4.69) is 5.32 Å². The monoisotopic (exact) mass is 274 g/mol. The van der Waals surface area contributed by atoms with Crippen LogP contribution >= 0.6 is 0 Å². The molecular weight excluding hydrogens is 248 g/mol. The number of amides is 2. The predicted octanol–water partition coefficient (Wildman–Crippen LogP) is 1.43. The van der Waals surface area contributed by atoms with Crippen LogP contribution in [0.15, 0.2) is 0 Å². The Morgan fingerprint density at radius 1 is 1.16 bits per heavy atom. The number of carboxylic acid groups (broad SMARTS) is 1. The minimum absolute atomic E-state index is 0.0409. The maximum atomic E-state index is 11.8. The second-order valence-corrected chi connectivity index (χ2v) is 4.80. The minimum Gasteiger partial charge on any atom is -0.481 e. The van der Waals surface area contributed by atoms with E-state index in [4.69, 9.17) is 10.2 Å². The Morgan fingerprint density at radius 2 is 1.79 bits per heavy atom. The van der Waals surface area contributed by atoms with Crippen LogP contribution in [0, 0.1) is 0 Å². The number of aliphatic hydroxyl groups is 1. The molecule has 0 heterocycles. The van der Waals surface area contributed by atoms with Gasteiger partial charge in [-0.1, -0.05) is 12.8 Å². The highest BCUT2D eigenvalue weighted by Gasteiger charge is 2.15. The fraction of sp³-hybridized carbons (Fsp3) is 0.846. The molecule has 0 rings (SSSR count). The van der Waals surface area contributed by atoms with Crippen molar-refractivity contribution < 1.29 is 19.8 Å². The molecule has 2 amide bonds. The molecule has 0 fully saturated rings. The van der Waals surface area contributed by atoms with Gasteiger partial charge in [0.2, 0.25) is 0 Å². The molecule has 0 aliphatic heterocycles. The minimum atomic E-state index is -0.759. The number of hydrogen-bond donors (Lipinski definition) is 3. The van der Waals surface area contributed by atoms with Crippen LogP contribution in [-0.2, 0) is 4.79 Å². The summed E-state index contributed by atoms with van der Waals surface area (Å²) >= 11 is 0. The lowest BCUT2D eigenvalue weighted by Crippen LogP contribution is -2.45. The van der Waals surface area contributed by atoms with Gasteiger partial charge in [0.1, 0.15) is 0 Å². The van der Waals surface area contributed by atoms with Gasteiger partial charge in [-0.05, 0) is 26.7 Å². The van der Waals surface area contributed by atoms with Crippen molar-refractivity contribution in [3.63, 3.8) is 0 Å². The van der Waals surface area contributed by atoms with E-state index in [0.29, 0.717) is 19.5 Å². The molecular formula is C13H26N2O4. The number of carboxylic acids is 1. The van der Waals surface area contributed by atoms with Crippen LogP contribution in [0.1, 0.15) is 46.0 Å². The number of urea groups is 1. The van der Waals surface area contributed by atoms with E-state index >= 15 is 0 Å². The molecule has 0 saturated carbocycles. The smallest absolute Gasteiger partial charge is 0.317 e. The van der Waals surface area contributed by atoms with Crippen molar-refractivity contribution in [1.82, 2.24) is 10.2 Å². The Bertz CT molecular complexity index is 269. The zero-order chi connectivity index (χ0) is 14.7. The molecule has 0 bridgehead atoms. The Hall–Kier alpha value is -1.30. The summed E-state index contributed by atoms with van der Waals surface area (Å²) in [6.45, 7) is 4.69. The summed E-state index contributed by atoms with van der Waals surface area (Å²) in [6, 6.07) is -0.0997. The second kappa shape index (κ2) is 10.6. The molecule has 0 aromatic carbocycles. The van der Waals surface area contributed by atoms with Gasteiger partial charge in [-0.15, -0.1) is 0 Å². The number of nitrogens with zero attached hydrogens (tertiary/aromatic N) is 1. The van der Waals surface area contributed by atoms with E-state index in [1.165, 1.54) is 0 Å². The number of carbonyl (C=O) groups excluding carboxylic acids is 1. The summed E-state index contributed by atoms with van der Waals surface area (Å²) in [5, 5.41) is 20.2. The molecule has 0 atom stereocenters. The molecule has 0 unspecified atom stereocenters. The molecule has 3 N–H and O–H groups in total. The number of unbranched alkanes of at least 4 members (excludes halogenated alkanes) is 3. The SMILES string of the molecule is CC(C)N(CCO)C(=O)NCCCCCCC(=O)O. The first-order valence-corrected chi connectivity index (χ1v) is 6.86. The molecule has 0 spiro atoms. The quantitative estimate of drug-likeness (QED) is 0.526. The first-order chi connectivity index (χ1) is 8.99. The maximum Gasteiger partial charge on any atom is 0.317 e. The van der Waals surface area contributed by atoms with Gasteiger partial charge in [-0.3, -0.25) is 4.79 Å². The summed E-state index contributed by atoms with van der Waals surface area (Å²) in [7, 11) is 0. The maximum absolute atomic E-state index is 11.8. The van der Waals surface area contributed by atoms with Crippen LogP contribution in [-0.4, -0.2) is 52.9 Å². The number of carbonyl (C=O) groups is 2. The number of nitrogens with one attached hydrogen (secondary N) is 1. The van der Waals surface area contributed by atoms with Gasteiger partial charge in [0, 0.05) is 25.6 Å². The number of rotatable bonds is 10. The molecule has 0 aromatic rings. The average Bonchev–Trinajstić information content (AvgIpc) is 2.33. The van der Waals surface area contributed by atoms with Gasteiger partial charge in [-0.25, -0.2) is 4.79 Å². The number of aliphatic hydroxyl groups excluding tert-OH is 1. The summed E-state index contributed by atoms with van der Waals surface area (Å²) in [4.78, 5) is 23.7. The van der Waals surface area contributed by atoms with Gasteiger partial charge in [-0.2, -0.15) is 0 Å². The zero-order valence-corrected chi connectivity index (χ0v) is 11.9. The third kappa shape index (κ3) is 9.30. The summed E-state index contributed by atoms with van der Waals surface area (Å²) in [5.41, 5.74) is 0. The largest absolute Gasteiger partial charge is 0.481 e. The van der Waals surface area contributed by atoms with Crippen LogP contribution in [0.3, 0.4) is 0 Å². The van der Waals surface area contributed by atoms with Crippen LogP contribution in [0.5, 0.6) is 0 Å². The van der Waals surface area contributed by atoms with Crippen LogP contribution < -0.4 is 5.32 Å². The molecule has 0 aliphatic carbocycles. The molecule has 19 heavy (non-hydrogen) atoms. The second-order valence-electron chi connectivity index (χ2n) is 4.80. The lowest BCUT2D eigenvalue weighted by atomic mass is 10.1. The van der Waals surface area contributed by atoms with Crippen LogP contribution in [0.25, 0.3) is 0 Å². The highest BCUT2D eigenvalue weighted by Crippen LogP contribution is 2.03. The number of hydrogen-bond acceptors (Lipinski definition) is 3. The molecule has 6 nitrogen and oxygen atoms in total. The summed E-state index contributed by atoms with van der Waals surface area (Å²) in [5.74, 6) is -0.759. The first kappa shape index (κ1) is 17.7. The third-order valence-electron chi connectivity index (χ3n) is 2.82. The zero-order valence-electron chi connectivity index (χ0n) is 11.9. The fourth-order valence-electron chi connectivity index (χ4n) is 1.75. The van der Waals surface area contributed by atoms with E-state index in [-0.39, 0.29) is 25.1 Å². The van der Waals surface area contributed by atoms with Crippen molar-refractivity contribution in [3.8, 4) is 0 Å². The van der Waals surface area contributed by atoms with Crippen molar-refractivity contribution in [1.29, 1.82) is 0 Å². The fourth-order valence-corrected chi connectivity index (χ4v) is 1.75. The van der Waals surface area contributed by atoms with E-state index < -0.39 is 5.97 Å². The van der Waals surface area contributed by atoms with E-state index in [1.54, 1.807) is 4.90 Å². The van der Waals surface area contributed by atoms with Gasteiger partial charge in [0.25, 0.3) is 0 Å². The molecule has 0 saturated heterocycles. The van der Waals surface area contributed by atoms with Gasteiger partial charge < -0.3 is 20.4 Å². The van der Waals surface area contributed by atoms with Crippen molar-refractivity contribution in [2.75, 3.05) is 19.7 Å². The van der Waals surface area contributed by atoms with Crippen LogP contribution in [0.2, 0.25) is 0 Å². The molecule has 6 heteroatoms. The van der Waals surface area contributed by atoms with Crippen LogP contribution in [0.4, 0.5) is 4.79 Å². The van der Waals surface area contributed by atoms with Crippen molar-refractivity contribution in [2.45, 2.75) is 52.0 Å². The first-order valence-electron chi connectivity index (χ1n) is 6.86. The highest BCUT2D eigenvalue weighted by molar-refractivity contribution is 5.74. The molecule has 0 radical (unpaired) electrons. The van der Waals surface area contributed by atoms with Crippen molar-refractivity contribution >= 4 is 12.0 Å². The normalized spacial score (nSPS) is 10.5. The Balaban J connectivity index is 3.64. The Kier molecular flexibility index (Phi) is 9.88. The standard InChI is InChI=1S/C13H26N2O4/c1-11(2)15(9-10-16)13(19)14-8-6-4-3-5-7-12(17)18/h11,16H,3-10H2,1-2H3,(H,14,19)(H,17,18). The predicted molar refractivity (Wildman–Crippen MR) is 73.0 cm³/mol. The van der Waals surface area contributed by atoms with Crippen molar-refractivity contribution in [3.05, 3.63) is 0 Å². The summed E-state index contributed by atoms with van der Waals surface area (Å²) < 4.78 is 0. The molecule has 0 aromatic heterocycles. The van der Waals surface area contributed by atoms with Gasteiger partial charge >= 0.3 is 12.0 Å². The highest BCUT2D eigenvalue weighted by atomic mass is 16.4. The van der Waals surface area contributed by atoms with E-state index in [9.17, 15) is 9.59 Å². The third-order valence-corrected chi connectivity index (χ3v) is 2.82. The summed E-state index contributed by atoms with van der Waals surface area (Å²) in [6.07, 6.45) is 3.52. The Morgan fingerprint density at radius 3 is 2.32 bits per heavy atom. The van der Waals surface area contributed by atoms with Crippen molar-refractivity contribution in [2.24, 2.45) is 0 Å². The van der Waals surface area contributed by atoms with E-state index in [1.807, 2.05) is 13.8 Å². The lowest BCUT2D eigenvalue weighted by Gasteiger charge is -2.26. The lowest BCUT2D eigenvalue weighted by molar-refractivity contribution is -0.137. The Labute approximate surface area is 114 Å².